The van der Waals surface area contributed by atoms with Crippen LogP contribution in [0, 0.1) is 5.92 Å². The smallest absolute Gasteiger partial charge is 0.306 e. The topological polar surface area (TPSA) is 57.5 Å². The summed E-state index contributed by atoms with van der Waals surface area (Å²) in [5.74, 6) is -0.871. The zero-order valence-electron chi connectivity index (χ0n) is 11.2. The van der Waals surface area contributed by atoms with Crippen molar-refractivity contribution in [3.63, 3.8) is 0 Å². The van der Waals surface area contributed by atoms with Crippen LogP contribution in [0.1, 0.15) is 71.1 Å². The molecule has 0 aliphatic rings. The number of rotatable bonds is 12. The molecule has 1 atom stereocenters. The third kappa shape index (κ3) is 10.3. The maximum absolute atomic E-state index is 11.0. The number of carboxylic acids is 1. The van der Waals surface area contributed by atoms with E-state index in [4.69, 9.17) is 10.2 Å². The Balaban J connectivity index is 3.52. The molecule has 3 nitrogen and oxygen atoms in total. The summed E-state index contributed by atoms with van der Waals surface area (Å²) in [4.78, 5) is 11.0. The van der Waals surface area contributed by atoms with Gasteiger partial charge < -0.3 is 10.2 Å². The summed E-state index contributed by atoms with van der Waals surface area (Å²) < 4.78 is 0. The van der Waals surface area contributed by atoms with Crippen LogP contribution in [-0.4, -0.2) is 22.8 Å². The van der Waals surface area contributed by atoms with Gasteiger partial charge in [-0.3, -0.25) is 4.79 Å². The molecule has 0 amide bonds. The van der Waals surface area contributed by atoms with Gasteiger partial charge in [0.1, 0.15) is 0 Å². The van der Waals surface area contributed by atoms with Crippen molar-refractivity contribution in [1.29, 1.82) is 0 Å². The Morgan fingerprint density at radius 1 is 0.941 bits per heavy atom. The quantitative estimate of drug-likeness (QED) is 0.516. The molecule has 0 aliphatic heterocycles. The number of carbonyl (C=O) groups is 1. The first kappa shape index (κ1) is 16.4. The fraction of sp³-hybridized carbons (Fsp3) is 0.929. The van der Waals surface area contributed by atoms with Crippen molar-refractivity contribution in [3.8, 4) is 0 Å². The zero-order valence-corrected chi connectivity index (χ0v) is 11.2. The van der Waals surface area contributed by atoms with Gasteiger partial charge in [-0.2, -0.15) is 0 Å². The summed E-state index contributed by atoms with van der Waals surface area (Å²) in [6.45, 7) is 2.37. The normalized spacial score (nSPS) is 12.6. The predicted octanol–water partition coefficient (Wildman–Crippen LogP) is 3.60. The second kappa shape index (κ2) is 11.9. The van der Waals surface area contributed by atoms with Crippen molar-refractivity contribution < 1.29 is 15.0 Å². The van der Waals surface area contributed by atoms with Gasteiger partial charge in [-0.15, -0.1) is 0 Å². The molecule has 0 aromatic heterocycles. The lowest BCUT2D eigenvalue weighted by atomic mass is 9.95. The van der Waals surface area contributed by atoms with Gasteiger partial charge in [0.15, 0.2) is 0 Å². The van der Waals surface area contributed by atoms with Crippen LogP contribution in [0.4, 0.5) is 0 Å². The van der Waals surface area contributed by atoms with Crippen molar-refractivity contribution in [2.75, 3.05) is 6.61 Å². The van der Waals surface area contributed by atoms with Gasteiger partial charge in [-0.25, -0.2) is 0 Å². The van der Waals surface area contributed by atoms with Gasteiger partial charge in [-0.05, 0) is 19.3 Å². The third-order valence-electron chi connectivity index (χ3n) is 3.22. The van der Waals surface area contributed by atoms with E-state index >= 15 is 0 Å². The molecule has 102 valence electrons. The molecule has 0 saturated heterocycles. The molecule has 1 unspecified atom stereocenters. The molecule has 0 heterocycles. The third-order valence-corrected chi connectivity index (χ3v) is 3.22. The van der Waals surface area contributed by atoms with Crippen molar-refractivity contribution in [2.24, 2.45) is 5.92 Å². The van der Waals surface area contributed by atoms with E-state index in [-0.39, 0.29) is 12.5 Å². The lowest BCUT2D eigenvalue weighted by molar-refractivity contribution is -0.142. The number of unbranched alkanes of at least 4 members (excludes halogenated alkanes) is 6. The maximum Gasteiger partial charge on any atom is 0.306 e. The highest BCUT2D eigenvalue weighted by atomic mass is 16.4. The second-order valence-electron chi connectivity index (χ2n) is 4.81. The Hall–Kier alpha value is -0.570. The Morgan fingerprint density at radius 2 is 1.47 bits per heavy atom. The standard InChI is InChI=1S/C14H28O3/c1-2-3-4-5-6-7-10-13(14(16)17)11-8-9-12-15/h13,15H,2-12H2,1H3,(H,16,17). The first-order chi connectivity index (χ1) is 8.22. The van der Waals surface area contributed by atoms with E-state index in [1.807, 2.05) is 0 Å². The molecule has 3 heteroatoms. The summed E-state index contributed by atoms with van der Waals surface area (Å²) in [6.07, 6.45) is 10.3. The molecule has 0 aromatic carbocycles. The fourth-order valence-electron chi connectivity index (χ4n) is 2.06. The number of carboxylic acid groups (broad SMARTS) is 1. The van der Waals surface area contributed by atoms with E-state index < -0.39 is 5.97 Å². The maximum atomic E-state index is 11.0. The number of aliphatic hydroxyl groups is 1. The summed E-state index contributed by atoms with van der Waals surface area (Å²) in [5, 5.41) is 17.7. The fourth-order valence-corrected chi connectivity index (χ4v) is 2.06. The number of hydrogen-bond acceptors (Lipinski definition) is 2. The van der Waals surface area contributed by atoms with Crippen LogP contribution in [0.3, 0.4) is 0 Å². The Labute approximate surface area is 105 Å². The van der Waals surface area contributed by atoms with Crippen LogP contribution in [0.2, 0.25) is 0 Å². The summed E-state index contributed by atoms with van der Waals surface area (Å²) >= 11 is 0. The molecular weight excluding hydrogens is 216 g/mol. The van der Waals surface area contributed by atoms with Crippen LogP contribution in [0.25, 0.3) is 0 Å². The van der Waals surface area contributed by atoms with Gasteiger partial charge in [0.25, 0.3) is 0 Å². The number of aliphatic hydroxyl groups excluding tert-OH is 1. The van der Waals surface area contributed by atoms with E-state index in [9.17, 15) is 4.79 Å². The predicted molar refractivity (Wildman–Crippen MR) is 70.1 cm³/mol. The molecular formula is C14H28O3. The number of aliphatic carboxylic acids is 1. The first-order valence-electron chi connectivity index (χ1n) is 7.06. The van der Waals surface area contributed by atoms with E-state index in [1.54, 1.807) is 0 Å². The molecule has 17 heavy (non-hydrogen) atoms. The number of hydrogen-bond donors (Lipinski definition) is 2. The molecule has 0 aliphatic carbocycles. The minimum absolute atomic E-state index is 0.170. The van der Waals surface area contributed by atoms with Crippen molar-refractivity contribution in [3.05, 3.63) is 0 Å². The van der Waals surface area contributed by atoms with Crippen LogP contribution >= 0.6 is 0 Å². The molecule has 0 saturated carbocycles. The average Bonchev–Trinajstić information content (AvgIpc) is 2.31. The highest BCUT2D eigenvalue weighted by molar-refractivity contribution is 5.69. The monoisotopic (exact) mass is 244 g/mol. The van der Waals surface area contributed by atoms with E-state index in [0.29, 0.717) is 6.42 Å². The van der Waals surface area contributed by atoms with Crippen molar-refractivity contribution in [2.45, 2.75) is 71.1 Å². The SMILES string of the molecule is CCCCCCCCC(CCCCO)C(=O)O. The molecule has 0 spiro atoms. The lowest BCUT2D eigenvalue weighted by Crippen LogP contribution is -2.13. The van der Waals surface area contributed by atoms with Crippen LogP contribution < -0.4 is 0 Å². The first-order valence-corrected chi connectivity index (χ1v) is 7.06. The Kier molecular flexibility index (Phi) is 11.5. The Bertz CT molecular complexity index is 180. The second-order valence-corrected chi connectivity index (χ2v) is 4.81. The molecule has 0 aromatic rings. The largest absolute Gasteiger partial charge is 0.481 e. The minimum atomic E-state index is -0.670. The molecule has 0 bridgehead atoms. The molecule has 0 fully saturated rings. The van der Waals surface area contributed by atoms with Crippen LogP contribution in [0.15, 0.2) is 0 Å². The van der Waals surface area contributed by atoms with Gasteiger partial charge >= 0.3 is 5.97 Å². The van der Waals surface area contributed by atoms with Gasteiger partial charge in [-0.1, -0.05) is 51.9 Å². The summed E-state index contributed by atoms with van der Waals surface area (Å²) in [6, 6.07) is 0. The van der Waals surface area contributed by atoms with E-state index in [1.165, 1.54) is 25.7 Å². The molecule has 0 radical (unpaired) electrons. The van der Waals surface area contributed by atoms with Crippen LogP contribution in [-0.2, 0) is 4.79 Å². The van der Waals surface area contributed by atoms with E-state index in [2.05, 4.69) is 6.92 Å². The average molecular weight is 244 g/mol. The van der Waals surface area contributed by atoms with Crippen molar-refractivity contribution >= 4 is 5.97 Å². The van der Waals surface area contributed by atoms with Gasteiger partial charge in [0.05, 0.1) is 5.92 Å². The van der Waals surface area contributed by atoms with Crippen LogP contribution in [0.5, 0.6) is 0 Å². The van der Waals surface area contributed by atoms with E-state index in [0.717, 1.165) is 32.1 Å². The highest BCUT2D eigenvalue weighted by Gasteiger charge is 2.15. The zero-order chi connectivity index (χ0) is 12.9. The minimum Gasteiger partial charge on any atom is -0.481 e. The van der Waals surface area contributed by atoms with Gasteiger partial charge in [0, 0.05) is 6.61 Å². The Morgan fingerprint density at radius 3 is 2.00 bits per heavy atom. The molecule has 2 N–H and O–H groups in total. The summed E-state index contributed by atoms with van der Waals surface area (Å²) in [7, 11) is 0. The molecule has 0 rings (SSSR count). The van der Waals surface area contributed by atoms with Gasteiger partial charge in [0.2, 0.25) is 0 Å². The lowest BCUT2D eigenvalue weighted by Gasteiger charge is -2.11. The summed E-state index contributed by atoms with van der Waals surface area (Å²) in [5.41, 5.74) is 0. The highest BCUT2D eigenvalue weighted by Crippen LogP contribution is 2.18. The van der Waals surface area contributed by atoms with Crippen molar-refractivity contribution in [1.82, 2.24) is 0 Å².